The topological polar surface area (TPSA) is 77.3 Å². The molecule has 236 valence electrons. The molecule has 0 saturated heterocycles. The molecule has 9 rings (SSSR count). The molecule has 2 bridgehead atoms. The van der Waals surface area contributed by atoms with Crippen LogP contribution in [-0.4, -0.2) is 29.9 Å². The van der Waals surface area contributed by atoms with E-state index in [1.807, 2.05) is 115 Å². The third-order valence-corrected chi connectivity index (χ3v) is 10.2. The summed E-state index contributed by atoms with van der Waals surface area (Å²) in [5.74, 6) is 4.74. The molecule has 2 fully saturated rings. The first-order valence-electron chi connectivity index (χ1n) is 17.1. The van der Waals surface area contributed by atoms with Gasteiger partial charge in [-0.05, 0) is 55.1 Å². The van der Waals surface area contributed by atoms with E-state index < -0.39 is 0 Å². The Balaban J connectivity index is 1.11. The third kappa shape index (κ3) is 5.69. The zero-order valence-electron chi connectivity index (χ0n) is 27.1. The van der Waals surface area contributed by atoms with Crippen LogP contribution in [0.15, 0.2) is 140 Å². The highest BCUT2D eigenvalue weighted by molar-refractivity contribution is 5.71. The molecule has 49 heavy (non-hydrogen) atoms. The Kier molecular flexibility index (Phi) is 7.34. The van der Waals surface area contributed by atoms with Gasteiger partial charge in [0.25, 0.3) is 0 Å². The molecule has 0 radical (unpaired) electrons. The van der Waals surface area contributed by atoms with Gasteiger partial charge in [0.15, 0.2) is 34.9 Å². The summed E-state index contributed by atoms with van der Waals surface area (Å²) in [7, 11) is 0. The Morgan fingerprint density at radius 1 is 0.367 bits per heavy atom. The quantitative estimate of drug-likeness (QED) is 0.174. The molecule has 6 nitrogen and oxygen atoms in total. The number of fused-ring (bicyclic) bond motifs is 2. The average Bonchev–Trinajstić information content (AvgIpc) is 3.82. The second-order valence-electron chi connectivity index (χ2n) is 13.3. The second kappa shape index (κ2) is 12.3. The Bertz CT molecular complexity index is 2190. The summed E-state index contributed by atoms with van der Waals surface area (Å²) in [6.45, 7) is 0. The monoisotopic (exact) mass is 634 g/mol. The minimum Gasteiger partial charge on any atom is -0.208 e. The lowest BCUT2D eigenvalue weighted by atomic mass is 9.77. The van der Waals surface area contributed by atoms with E-state index in [4.69, 9.17) is 29.9 Å². The van der Waals surface area contributed by atoms with Gasteiger partial charge < -0.3 is 0 Å². The number of hydrogen-bond donors (Lipinski definition) is 0. The first kappa shape index (κ1) is 29.3. The van der Waals surface area contributed by atoms with Gasteiger partial charge in [-0.1, -0.05) is 133 Å². The maximum atomic E-state index is 5.07. The second-order valence-corrected chi connectivity index (χ2v) is 13.3. The van der Waals surface area contributed by atoms with E-state index in [9.17, 15) is 0 Å². The number of nitrogens with zero attached hydrogens (tertiary/aromatic N) is 6. The van der Waals surface area contributed by atoms with Crippen LogP contribution in [0.25, 0.3) is 68.3 Å². The zero-order chi connectivity index (χ0) is 32.6. The molecule has 0 N–H and O–H groups in total. The summed E-state index contributed by atoms with van der Waals surface area (Å²) in [6.07, 6.45) is 6.57. The van der Waals surface area contributed by atoms with Gasteiger partial charge in [-0.2, -0.15) is 0 Å². The minimum atomic E-state index is 0.310. The van der Waals surface area contributed by atoms with Crippen molar-refractivity contribution >= 4 is 0 Å². The average molecular weight is 635 g/mol. The van der Waals surface area contributed by atoms with E-state index in [1.54, 1.807) is 0 Å². The maximum absolute atomic E-state index is 5.07. The van der Waals surface area contributed by atoms with Crippen LogP contribution in [0, 0.1) is 5.92 Å². The van der Waals surface area contributed by atoms with Crippen LogP contribution in [0.1, 0.15) is 37.7 Å². The standard InChI is InChI=1S/C43H34N6/c1-4-11-30(12-5-1)37-44-38(31-13-6-2-7-14-31)46-40(45-37)33-19-21-34(22-20-33)41-47-39(32-15-8-3-9-16-32)48-42(49-41)35-17-10-18-36(27-35)43-25-23-29(28-43)24-26-43/h1-22,27,29H,23-26,28H2. The van der Waals surface area contributed by atoms with Crippen LogP contribution in [0.5, 0.6) is 0 Å². The third-order valence-electron chi connectivity index (χ3n) is 10.2. The zero-order valence-corrected chi connectivity index (χ0v) is 27.1. The summed E-state index contributed by atoms with van der Waals surface area (Å²) >= 11 is 0. The molecule has 2 aromatic heterocycles. The van der Waals surface area contributed by atoms with Crippen molar-refractivity contribution in [3.8, 4) is 68.3 Å². The minimum absolute atomic E-state index is 0.310. The Labute approximate surface area is 286 Å². The van der Waals surface area contributed by atoms with E-state index in [2.05, 4.69) is 24.3 Å². The van der Waals surface area contributed by atoms with Gasteiger partial charge >= 0.3 is 0 Å². The molecule has 6 heteroatoms. The van der Waals surface area contributed by atoms with Gasteiger partial charge in [-0.15, -0.1) is 0 Å². The van der Waals surface area contributed by atoms with E-state index >= 15 is 0 Å². The molecule has 0 spiro atoms. The number of hydrogen-bond acceptors (Lipinski definition) is 6. The molecule has 2 heterocycles. The largest absolute Gasteiger partial charge is 0.208 e. The fraction of sp³-hybridized carbons (Fsp3) is 0.163. The summed E-state index contributed by atoms with van der Waals surface area (Å²) in [5, 5.41) is 0. The van der Waals surface area contributed by atoms with Crippen molar-refractivity contribution in [2.24, 2.45) is 5.92 Å². The van der Waals surface area contributed by atoms with Gasteiger partial charge in [0.1, 0.15) is 0 Å². The van der Waals surface area contributed by atoms with Crippen molar-refractivity contribution in [2.75, 3.05) is 0 Å². The van der Waals surface area contributed by atoms with Crippen LogP contribution >= 0.6 is 0 Å². The number of benzene rings is 5. The van der Waals surface area contributed by atoms with Crippen LogP contribution in [0.2, 0.25) is 0 Å². The highest BCUT2D eigenvalue weighted by Crippen LogP contribution is 2.55. The van der Waals surface area contributed by atoms with Crippen molar-refractivity contribution in [1.29, 1.82) is 0 Å². The Morgan fingerprint density at radius 3 is 1.08 bits per heavy atom. The lowest BCUT2D eigenvalue weighted by Gasteiger charge is -2.27. The molecule has 7 aromatic rings. The highest BCUT2D eigenvalue weighted by Gasteiger charge is 2.45. The fourth-order valence-corrected chi connectivity index (χ4v) is 7.64. The molecular formula is C43H34N6. The predicted molar refractivity (Wildman–Crippen MR) is 194 cm³/mol. The fourth-order valence-electron chi connectivity index (χ4n) is 7.64. The summed E-state index contributed by atoms with van der Waals surface area (Å²) in [6, 6.07) is 47.3. The molecule has 0 amide bonds. The van der Waals surface area contributed by atoms with Crippen molar-refractivity contribution in [1.82, 2.24) is 29.9 Å². The van der Waals surface area contributed by atoms with E-state index in [0.717, 1.165) is 39.3 Å². The van der Waals surface area contributed by atoms with Crippen molar-refractivity contribution < 1.29 is 0 Å². The molecular weight excluding hydrogens is 601 g/mol. The molecule has 0 unspecified atom stereocenters. The lowest BCUT2D eigenvalue weighted by molar-refractivity contribution is 0.419. The van der Waals surface area contributed by atoms with E-state index in [-0.39, 0.29) is 0 Å². The van der Waals surface area contributed by atoms with E-state index in [0.29, 0.717) is 40.4 Å². The van der Waals surface area contributed by atoms with Crippen molar-refractivity contribution in [3.05, 3.63) is 145 Å². The van der Waals surface area contributed by atoms with Crippen LogP contribution in [-0.2, 0) is 5.41 Å². The Morgan fingerprint density at radius 2 is 0.714 bits per heavy atom. The summed E-state index contributed by atoms with van der Waals surface area (Å²) in [5.41, 5.74) is 7.40. The van der Waals surface area contributed by atoms with Crippen molar-refractivity contribution in [3.63, 3.8) is 0 Å². The summed E-state index contributed by atoms with van der Waals surface area (Å²) < 4.78 is 0. The highest BCUT2D eigenvalue weighted by atomic mass is 15.0. The molecule has 2 aliphatic rings. The van der Waals surface area contributed by atoms with Gasteiger partial charge in [0.05, 0.1) is 0 Å². The normalized spacial score (nSPS) is 18.1. The van der Waals surface area contributed by atoms with Gasteiger partial charge in [-0.25, -0.2) is 29.9 Å². The Hall–Kier alpha value is -5.88. The van der Waals surface area contributed by atoms with Crippen LogP contribution < -0.4 is 0 Å². The maximum Gasteiger partial charge on any atom is 0.164 e. The van der Waals surface area contributed by atoms with E-state index in [1.165, 1.54) is 37.7 Å². The van der Waals surface area contributed by atoms with Gasteiger partial charge in [0.2, 0.25) is 0 Å². The van der Waals surface area contributed by atoms with Gasteiger partial charge in [0, 0.05) is 33.4 Å². The number of rotatable bonds is 7. The van der Waals surface area contributed by atoms with Gasteiger partial charge in [-0.3, -0.25) is 0 Å². The molecule has 5 aromatic carbocycles. The molecule has 0 aliphatic heterocycles. The lowest BCUT2D eigenvalue weighted by Crippen LogP contribution is -2.19. The first-order chi connectivity index (χ1) is 24.2. The van der Waals surface area contributed by atoms with Crippen LogP contribution in [0.4, 0.5) is 0 Å². The first-order valence-corrected chi connectivity index (χ1v) is 17.1. The SMILES string of the molecule is c1ccc(-c2nc(-c3ccccc3)nc(-c3ccc(-c4nc(-c5ccccc5)nc(-c5cccc(C67CCC(CC6)C7)c5)n4)cc3)n2)cc1. The van der Waals surface area contributed by atoms with Crippen molar-refractivity contribution in [2.45, 2.75) is 37.5 Å². The number of aromatic nitrogens is 6. The molecule has 2 saturated carbocycles. The van der Waals surface area contributed by atoms with Crippen LogP contribution in [0.3, 0.4) is 0 Å². The molecule has 2 aliphatic carbocycles. The predicted octanol–water partition coefficient (Wildman–Crippen LogP) is 9.89. The smallest absolute Gasteiger partial charge is 0.164 e. The molecule has 0 atom stereocenters. The summed E-state index contributed by atoms with van der Waals surface area (Å²) in [4.78, 5) is 29.7.